The van der Waals surface area contributed by atoms with Crippen LogP contribution in [0, 0.1) is 0 Å². The summed E-state index contributed by atoms with van der Waals surface area (Å²) in [5.41, 5.74) is 1.51. The molecule has 7 heteroatoms. The zero-order valence-electron chi connectivity index (χ0n) is 17.1. The monoisotopic (exact) mass is 399 g/mol. The maximum atomic E-state index is 12.6. The molecule has 0 spiro atoms. The summed E-state index contributed by atoms with van der Waals surface area (Å²) >= 11 is 0. The number of methoxy groups -OCH3 is 2. The first-order chi connectivity index (χ1) is 14.2. The van der Waals surface area contributed by atoms with Crippen molar-refractivity contribution in [3.63, 3.8) is 0 Å². The molecule has 0 saturated carbocycles. The molecule has 156 valence electrons. The Hall–Kier alpha value is -2.77. The van der Waals surface area contributed by atoms with Crippen molar-refractivity contribution in [2.45, 2.75) is 6.61 Å². The highest BCUT2D eigenvalue weighted by molar-refractivity contribution is 5.95. The Morgan fingerprint density at radius 3 is 2.34 bits per heavy atom. The van der Waals surface area contributed by atoms with Crippen LogP contribution in [-0.2, 0) is 6.61 Å². The first-order valence-corrected chi connectivity index (χ1v) is 9.85. The molecule has 2 aromatic rings. The van der Waals surface area contributed by atoms with E-state index in [-0.39, 0.29) is 5.91 Å². The van der Waals surface area contributed by atoms with Crippen molar-refractivity contribution in [1.29, 1.82) is 0 Å². The number of ether oxygens (including phenoxy) is 3. The SMILES string of the molecule is COc1cc(C(=O)NCCN2CCNCC2)cc(OC)c1OCc1ccccc1. The fourth-order valence-electron chi connectivity index (χ4n) is 3.25. The first-order valence-electron chi connectivity index (χ1n) is 9.85. The first kappa shape index (κ1) is 21.0. The molecule has 0 radical (unpaired) electrons. The number of nitrogens with zero attached hydrogens (tertiary/aromatic N) is 1. The smallest absolute Gasteiger partial charge is 0.251 e. The van der Waals surface area contributed by atoms with Crippen LogP contribution in [0.25, 0.3) is 0 Å². The maximum Gasteiger partial charge on any atom is 0.251 e. The van der Waals surface area contributed by atoms with Crippen LogP contribution in [0.2, 0.25) is 0 Å². The summed E-state index contributed by atoms with van der Waals surface area (Å²) in [5.74, 6) is 1.25. The molecule has 1 aliphatic rings. The summed E-state index contributed by atoms with van der Waals surface area (Å²) in [6, 6.07) is 13.2. The Bertz CT molecular complexity index is 767. The Kier molecular flexibility index (Phi) is 7.72. The van der Waals surface area contributed by atoms with E-state index in [2.05, 4.69) is 15.5 Å². The third-order valence-corrected chi connectivity index (χ3v) is 4.87. The predicted octanol–water partition coefficient (Wildman–Crippen LogP) is 1.92. The largest absolute Gasteiger partial charge is 0.493 e. The number of carbonyl (C=O) groups is 1. The van der Waals surface area contributed by atoms with Gasteiger partial charge < -0.3 is 24.8 Å². The van der Waals surface area contributed by atoms with Gasteiger partial charge in [0.2, 0.25) is 5.75 Å². The molecule has 3 rings (SSSR count). The molecule has 2 N–H and O–H groups in total. The second-order valence-electron chi connectivity index (χ2n) is 6.83. The molecule has 1 aliphatic heterocycles. The van der Waals surface area contributed by atoms with E-state index in [1.54, 1.807) is 26.4 Å². The van der Waals surface area contributed by atoms with Gasteiger partial charge in [-0.2, -0.15) is 0 Å². The van der Waals surface area contributed by atoms with Crippen molar-refractivity contribution in [3.05, 3.63) is 53.6 Å². The Morgan fingerprint density at radius 1 is 1.07 bits per heavy atom. The van der Waals surface area contributed by atoms with Gasteiger partial charge in [0, 0.05) is 44.8 Å². The average molecular weight is 399 g/mol. The fraction of sp³-hybridized carbons (Fsp3) is 0.409. The summed E-state index contributed by atoms with van der Waals surface area (Å²) in [4.78, 5) is 15.0. The lowest BCUT2D eigenvalue weighted by molar-refractivity contribution is 0.0946. The minimum Gasteiger partial charge on any atom is -0.493 e. The van der Waals surface area contributed by atoms with Gasteiger partial charge in [0.1, 0.15) is 6.61 Å². The molecule has 29 heavy (non-hydrogen) atoms. The third-order valence-electron chi connectivity index (χ3n) is 4.87. The van der Waals surface area contributed by atoms with Gasteiger partial charge in [-0.25, -0.2) is 0 Å². The lowest BCUT2D eigenvalue weighted by Gasteiger charge is -2.27. The fourth-order valence-corrected chi connectivity index (χ4v) is 3.25. The molecule has 0 aromatic heterocycles. The number of rotatable bonds is 9. The van der Waals surface area contributed by atoms with Crippen LogP contribution in [0.1, 0.15) is 15.9 Å². The molecule has 1 fully saturated rings. The lowest BCUT2D eigenvalue weighted by Crippen LogP contribution is -2.46. The standard InChI is InChI=1S/C22H29N3O4/c1-27-19-14-18(22(26)24-10-13-25-11-8-23-9-12-25)15-20(28-2)21(19)29-16-17-6-4-3-5-7-17/h3-7,14-15,23H,8-13,16H2,1-2H3,(H,24,26). The van der Waals surface area contributed by atoms with Gasteiger partial charge in [0.25, 0.3) is 5.91 Å². The van der Waals surface area contributed by atoms with E-state index in [0.717, 1.165) is 38.3 Å². The van der Waals surface area contributed by atoms with Gasteiger partial charge in [-0.15, -0.1) is 0 Å². The van der Waals surface area contributed by atoms with Crippen molar-refractivity contribution in [1.82, 2.24) is 15.5 Å². The van der Waals surface area contributed by atoms with Crippen molar-refractivity contribution >= 4 is 5.91 Å². The van der Waals surface area contributed by atoms with Crippen molar-refractivity contribution in [2.75, 3.05) is 53.5 Å². The van der Waals surface area contributed by atoms with Crippen LogP contribution in [0.3, 0.4) is 0 Å². The van der Waals surface area contributed by atoms with E-state index in [4.69, 9.17) is 14.2 Å². The highest BCUT2D eigenvalue weighted by Crippen LogP contribution is 2.39. The van der Waals surface area contributed by atoms with Gasteiger partial charge in [0.05, 0.1) is 14.2 Å². The quantitative estimate of drug-likeness (QED) is 0.671. The van der Waals surface area contributed by atoms with Crippen molar-refractivity contribution < 1.29 is 19.0 Å². The normalized spacial score (nSPS) is 14.3. The number of piperazine rings is 1. The number of hydrogen-bond donors (Lipinski definition) is 2. The summed E-state index contributed by atoms with van der Waals surface area (Å²) < 4.78 is 16.9. The molecule has 1 saturated heterocycles. The average Bonchev–Trinajstić information content (AvgIpc) is 2.78. The van der Waals surface area contributed by atoms with Crippen LogP contribution in [0.15, 0.2) is 42.5 Å². The van der Waals surface area contributed by atoms with E-state index >= 15 is 0 Å². The van der Waals surface area contributed by atoms with Crippen LogP contribution in [-0.4, -0.2) is 64.3 Å². The van der Waals surface area contributed by atoms with E-state index in [0.29, 0.717) is 36.0 Å². The second-order valence-corrected chi connectivity index (χ2v) is 6.83. The number of amides is 1. The Balaban J connectivity index is 1.65. The van der Waals surface area contributed by atoms with E-state index in [9.17, 15) is 4.79 Å². The summed E-state index contributed by atoms with van der Waals surface area (Å²) in [5, 5.41) is 6.30. The van der Waals surface area contributed by atoms with Gasteiger partial charge in [0.15, 0.2) is 11.5 Å². The zero-order valence-corrected chi connectivity index (χ0v) is 17.1. The molecular weight excluding hydrogens is 370 g/mol. The van der Waals surface area contributed by atoms with Gasteiger partial charge in [-0.3, -0.25) is 9.69 Å². The molecular formula is C22H29N3O4. The molecule has 0 atom stereocenters. The Labute approximate surface area is 171 Å². The van der Waals surface area contributed by atoms with Crippen molar-refractivity contribution in [2.24, 2.45) is 0 Å². The molecule has 1 heterocycles. The number of benzene rings is 2. The number of hydrogen-bond acceptors (Lipinski definition) is 6. The van der Waals surface area contributed by atoms with Gasteiger partial charge in [-0.05, 0) is 17.7 Å². The minimum atomic E-state index is -0.161. The molecule has 0 bridgehead atoms. The topological polar surface area (TPSA) is 72.1 Å². The Morgan fingerprint density at radius 2 is 1.72 bits per heavy atom. The second kappa shape index (κ2) is 10.7. The van der Waals surface area contributed by atoms with Crippen molar-refractivity contribution in [3.8, 4) is 17.2 Å². The summed E-state index contributed by atoms with van der Waals surface area (Å²) in [7, 11) is 3.10. The van der Waals surface area contributed by atoms with Gasteiger partial charge in [-0.1, -0.05) is 30.3 Å². The van der Waals surface area contributed by atoms with E-state index in [1.807, 2.05) is 30.3 Å². The number of carbonyl (C=O) groups excluding carboxylic acids is 1. The minimum absolute atomic E-state index is 0.161. The highest BCUT2D eigenvalue weighted by Gasteiger charge is 2.18. The summed E-state index contributed by atoms with van der Waals surface area (Å²) in [6.45, 7) is 5.80. The predicted molar refractivity (Wildman–Crippen MR) is 112 cm³/mol. The highest BCUT2D eigenvalue weighted by atomic mass is 16.5. The number of nitrogens with one attached hydrogen (secondary N) is 2. The maximum absolute atomic E-state index is 12.6. The molecule has 2 aromatic carbocycles. The summed E-state index contributed by atoms with van der Waals surface area (Å²) in [6.07, 6.45) is 0. The third kappa shape index (κ3) is 5.85. The van der Waals surface area contributed by atoms with E-state index < -0.39 is 0 Å². The molecule has 0 aliphatic carbocycles. The van der Waals surface area contributed by atoms with Crippen LogP contribution >= 0.6 is 0 Å². The van der Waals surface area contributed by atoms with Gasteiger partial charge >= 0.3 is 0 Å². The van der Waals surface area contributed by atoms with Crippen LogP contribution < -0.4 is 24.8 Å². The van der Waals surface area contributed by atoms with Crippen LogP contribution in [0.4, 0.5) is 0 Å². The lowest BCUT2D eigenvalue weighted by atomic mass is 10.1. The molecule has 0 unspecified atom stereocenters. The molecule has 1 amide bonds. The zero-order chi connectivity index (χ0) is 20.5. The van der Waals surface area contributed by atoms with Crippen LogP contribution in [0.5, 0.6) is 17.2 Å². The molecule has 7 nitrogen and oxygen atoms in total. The van der Waals surface area contributed by atoms with E-state index in [1.165, 1.54) is 0 Å².